The number of carbonyl (C=O) groups excluding carboxylic acids is 1. The zero-order chi connectivity index (χ0) is 11.5. The number of nitrogens with two attached hydrogens (primary N) is 1. The second kappa shape index (κ2) is 4.77. The lowest BCUT2D eigenvalue weighted by atomic mass is 10.0. The van der Waals surface area contributed by atoms with E-state index in [0.717, 1.165) is 0 Å². The van der Waals surface area contributed by atoms with E-state index in [0.29, 0.717) is 0 Å². The summed E-state index contributed by atoms with van der Waals surface area (Å²) < 4.78 is 39.8. The molecule has 88 valence electrons. The topological polar surface area (TPSA) is 73.6 Å². The van der Waals surface area contributed by atoms with Crippen molar-refractivity contribution in [2.75, 3.05) is 19.8 Å². The summed E-state index contributed by atoms with van der Waals surface area (Å²) in [5.41, 5.74) is 7.17. The van der Waals surface area contributed by atoms with E-state index >= 15 is 0 Å². The van der Waals surface area contributed by atoms with Crippen LogP contribution in [0.3, 0.4) is 0 Å². The molecule has 0 spiro atoms. The van der Waals surface area contributed by atoms with Crippen LogP contribution in [-0.2, 0) is 14.4 Å². The molecule has 0 saturated carbocycles. The second-order valence-electron chi connectivity index (χ2n) is 3.18. The molecular weight excluding hydrogens is 217 g/mol. The normalized spacial score (nSPS) is 26.7. The van der Waals surface area contributed by atoms with Crippen molar-refractivity contribution in [3.05, 3.63) is 0 Å². The molecule has 0 aliphatic carbocycles. The molecule has 0 radical (unpaired) electrons. The lowest BCUT2D eigenvalue weighted by molar-refractivity contribution is -0.192. The molecule has 1 rings (SSSR count). The van der Waals surface area contributed by atoms with Crippen LogP contribution in [0, 0.1) is 5.92 Å². The van der Waals surface area contributed by atoms with Gasteiger partial charge in [-0.3, -0.25) is 9.63 Å². The first-order chi connectivity index (χ1) is 6.90. The zero-order valence-corrected chi connectivity index (χ0v) is 7.71. The highest BCUT2D eigenvalue weighted by molar-refractivity contribution is 5.78. The van der Waals surface area contributed by atoms with Crippen LogP contribution in [-0.4, -0.2) is 37.9 Å². The maximum atomic E-state index is 11.6. The summed E-state index contributed by atoms with van der Waals surface area (Å²) in [5, 5.41) is 0. The number of hydrogen-bond donors (Lipinski definition) is 2. The van der Waals surface area contributed by atoms with E-state index < -0.39 is 30.7 Å². The zero-order valence-electron chi connectivity index (χ0n) is 7.71. The highest BCUT2D eigenvalue weighted by atomic mass is 19.4. The van der Waals surface area contributed by atoms with Gasteiger partial charge in [0.2, 0.25) is 0 Å². The van der Waals surface area contributed by atoms with Gasteiger partial charge in [0.05, 0.1) is 19.1 Å². The summed E-state index contributed by atoms with van der Waals surface area (Å²) in [6, 6.07) is -0.500. The van der Waals surface area contributed by atoms with E-state index in [1.807, 2.05) is 0 Å². The van der Waals surface area contributed by atoms with Gasteiger partial charge in [-0.2, -0.15) is 13.2 Å². The van der Waals surface area contributed by atoms with Crippen LogP contribution in [0.5, 0.6) is 0 Å². The Labute approximate surface area is 83.7 Å². The predicted octanol–water partition coefficient (Wildman–Crippen LogP) is -0.430. The number of alkyl halides is 3. The molecule has 2 unspecified atom stereocenters. The molecule has 1 aliphatic heterocycles. The third kappa shape index (κ3) is 4.02. The van der Waals surface area contributed by atoms with Crippen LogP contribution in [0.15, 0.2) is 0 Å². The van der Waals surface area contributed by atoms with Crippen molar-refractivity contribution in [1.29, 1.82) is 0 Å². The monoisotopic (exact) mass is 228 g/mol. The Kier molecular flexibility index (Phi) is 3.89. The summed E-state index contributed by atoms with van der Waals surface area (Å²) in [4.78, 5) is 15.2. The third-order valence-electron chi connectivity index (χ3n) is 1.87. The van der Waals surface area contributed by atoms with Gasteiger partial charge in [-0.05, 0) is 0 Å². The Hall–Kier alpha value is -0.860. The molecule has 1 amide bonds. The molecule has 1 aliphatic rings. The number of ether oxygens (including phenoxy) is 1. The summed E-state index contributed by atoms with van der Waals surface area (Å²) in [6.07, 6.45) is -4.47. The van der Waals surface area contributed by atoms with Gasteiger partial charge in [0.15, 0.2) is 6.61 Å². The van der Waals surface area contributed by atoms with Gasteiger partial charge in [0, 0.05) is 6.04 Å². The molecular formula is C7H11F3N2O3. The van der Waals surface area contributed by atoms with E-state index in [2.05, 4.69) is 4.84 Å². The average molecular weight is 228 g/mol. The van der Waals surface area contributed by atoms with E-state index in [4.69, 9.17) is 10.5 Å². The molecule has 0 aromatic rings. The van der Waals surface area contributed by atoms with Gasteiger partial charge < -0.3 is 10.5 Å². The molecule has 15 heavy (non-hydrogen) atoms. The van der Waals surface area contributed by atoms with E-state index in [-0.39, 0.29) is 13.2 Å². The fourth-order valence-corrected chi connectivity index (χ4v) is 1.11. The first-order valence-corrected chi connectivity index (χ1v) is 4.22. The maximum absolute atomic E-state index is 11.6. The molecule has 1 heterocycles. The number of hydroxylamine groups is 1. The van der Waals surface area contributed by atoms with E-state index in [1.54, 1.807) is 5.48 Å². The van der Waals surface area contributed by atoms with Crippen molar-refractivity contribution in [3.63, 3.8) is 0 Å². The number of hydrogen-bond acceptors (Lipinski definition) is 4. The van der Waals surface area contributed by atoms with Gasteiger partial charge in [-0.15, -0.1) is 0 Å². The van der Waals surface area contributed by atoms with Gasteiger partial charge >= 0.3 is 6.18 Å². The molecule has 5 nitrogen and oxygen atoms in total. The van der Waals surface area contributed by atoms with Crippen LogP contribution in [0.2, 0.25) is 0 Å². The number of amides is 1. The van der Waals surface area contributed by atoms with Gasteiger partial charge in [-0.25, -0.2) is 5.48 Å². The van der Waals surface area contributed by atoms with Crippen molar-refractivity contribution >= 4 is 5.91 Å². The van der Waals surface area contributed by atoms with Gasteiger partial charge in [0.1, 0.15) is 0 Å². The average Bonchev–Trinajstić information content (AvgIpc) is 2.48. The first kappa shape index (κ1) is 12.2. The molecule has 8 heteroatoms. The Morgan fingerprint density at radius 2 is 2.20 bits per heavy atom. The fraction of sp³-hybridized carbons (Fsp3) is 0.857. The van der Waals surface area contributed by atoms with Crippen LogP contribution < -0.4 is 11.2 Å². The number of carbonyl (C=O) groups is 1. The van der Waals surface area contributed by atoms with Crippen molar-refractivity contribution < 1.29 is 27.5 Å². The third-order valence-corrected chi connectivity index (χ3v) is 1.87. The van der Waals surface area contributed by atoms with Crippen molar-refractivity contribution in [1.82, 2.24) is 5.48 Å². The quantitative estimate of drug-likeness (QED) is 0.643. The first-order valence-electron chi connectivity index (χ1n) is 4.22. The van der Waals surface area contributed by atoms with E-state index in [1.165, 1.54) is 0 Å². The minimum Gasteiger partial charge on any atom is -0.379 e. The van der Waals surface area contributed by atoms with E-state index in [9.17, 15) is 18.0 Å². The fourth-order valence-electron chi connectivity index (χ4n) is 1.11. The Balaban J connectivity index is 2.24. The smallest absolute Gasteiger partial charge is 0.379 e. The highest BCUT2D eigenvalue weighted by Gasteiger charge is 2.33. The summed E-state index contributed by atoms with van der Waals surface area (Å²) in [7, 11) is 0. The van der Waals surface area contributed by atoms with Gasteiger partial charge in [-0.1, -0.05) is 0 Å². The lowest BCUT2D eigenvalue weighted by Gasteiger charge is -2.13. The number of nitrogens with one attached hydrogen (secondary N) is 1. The molecule has 0 aromatic heterocycles. The molecule has 1 fully saturated rings. The molecule has 2 atom stereocenters. The molecule has 1 saturated heterocycles. The van der Waals surface area contributed by atoms with Crippen LogP contribution in [0.25, 0.3) is 0 Å². The van der Waals surface area contributed by atoms with Crippen LogP contribution in [0.1, 0.15) is 0 Å². The number of rotatable bonds is 3. The Morgan fingerprint density at radius 3 is 2.67 bits per heavy atom. The largest absolute Gasteiger partial charge is 0.414 e. The van der Waals surface area contributed by atoms with Crippen molar-refractivity contribution in [2.24, 2.45) is 11.7 Å². The molecule has 3 N–H and O–H groups in total. The lowest BCUT2D eigenvalue weighted by Crippen LogP contribution is -2.42. The van der Waals surface area contributed by atoms with Crippen LogP contribution in [0.4, 0.5) is 13.2 Å². The second-order valence-corrected chi connectivity index (χ2v) is 3.18. The standard InChI is InChI=1S/C7H11F3N2O3/c8-7(9,10)3-15-12-6(13)4-1-14-2-5(4)11/h4-5H,1-3,11H2,(H,12,13). The van der Waals surface area contributed by atoms with Crippen molar-refractivity contribution in [2.45, 2.75) is 12.2 Å². The minimum atomic E-state index is -4.47. The minimum absolute atomic E-state index is 0.0996. The van der Waals surface area contributed by atoms with Crippen molar-refractivity contribution in [3.8, 4) is 0 Å². The highest BCUT2D eigenvalue weighted by Crippen LogP contribution is 2.14. The predicted molar refractivity (Wildman–Crippen MR) is 42.4 cm³/mol. The SMILES string of the molecule is NC1COCC1C(=O)NOCC(F)(F)F. The Morgan fingerprint density at radius 1 is 1.53 bits per heavy atom. The molecule has 0 aromatic carbocycles. The summed E-state index contributed by atoms with van der Waals surface area (Å²) in [5.74, 6) is -1.34. The maximum Gasteiger partial charge on any atom is 0.414 e. The number of halogens is 3. The molecule has 0 bridgehead atoms. The summed E-state index contributed by atoms with van der Waals surface area (Å²) >= 11 is 0. The Bertz CT molecular complexity index is 234. The summed E-state index contributed by atoms with van der Waals surface area (Å²) in [6.45, 7) is -1.21. The van der Waals surface area contributed by atoms with Gasteiger partial charge in [0.25, 0.3) is 5.91 Å². The van der Waals surface area contributed by atoms with Crippen LogP contribution >= 0.6 is 0 Å².